The molecule has 1 fully saturated rings. The molecule has 1 atom stereocenters. The first kappa shape index (κ1) is 15.8. The number of hydrogen-bond acceptors (Lipinski definition) is 3. The molecule has 0 aliphatic carbocycles. The fourth-order valence-electron chi connectivity index (χ4n) is 2.39. The Bertz CT molecular complexity index is 695. The standard InChI is InChI=1S/C20H22O3/c1-20(2,3)15-9-10-18(23-13-16-12-22-16)17(11-15)19(21)14-7-5-4-6-8-14/h4-11,16H,12-13H2,1-3H3. The zero-order valence-electron chi connectivity index (χ0n) is 13.8. The number of ketones is 1. The number of hydrogen-bond donors (Lipinski definition) is 0. The van der Waals surface area contributed by atoms with Crippen LogP contribution in [-0.4, -0.2) is 25.1 Å². The van der Waals surface area contributed by atoms with Crippen molar-refractivity contribution in [3.8, 4) is 5.75 Å². The summed E-state index contributed by atoms with van der Waals surface area (Å²) in [7, 11) is 0. The van der Waals surface area contributed by atoms with Crippen molar-refractivity contribution < 1.29 is 14.3 Å². The summed E-state index contributed by atoms with van der Waals surface area (Å²) in [6.07, 6.45) is 0.164. The molecule has 0 N–H and O–H groups in total. The predicted molar refractivity (Wildman–Crippen MR) is 90.3 cm³/mol. The van der Waals surface area contributed by atoms with Crippen LogP contribution < -0.4 is 4.74 Å². The fraction of sp³-hybridized carbons (Fsp3) is 0.350. The van der Waals surface area contributed by atoms with Crippen LogP contribution in [0.15, 0.2) is 48.5 Å². The van der Waals surface area contributed by atoms with Crippen molar-refractivity contribution in [1.29, 1.82) is 0 Å². The molecule has 1 heterocycles. The molecule has 0 bridgehead atoms. The summed E-state index contributed by atoms with van der Waals surface area (Å²) in [4.78, 5) is 12.9. The Balaban J connectivity index is 1.97. The van der Waals surface area contributed by atoms with Crippen molar-refractivity contribution in [2.75, 3.05) is 13.2 Å². The van der Waals surface area contributed by atoms with Gasteiger partial charge in [-0.25, -0.2) is 0 Å². The Hall–Kier alpha value is -2.13. The van der Waals surface area contributed by atoms with Crippen LogP contribution in [0.25, 0.3) is 0 Å². The molecule has 2 aromatic carbocycles. The fourth-order valence-corrected chi connectivity index (χ4v) is 2.39. The molecule has 3 nitrogen and oxygen atoms in total. The van der Waals surface area contributed by atoms with Crippen LogP contribution in [0.2, 0.25) is 0 Å². The Morgan fingerprint density at radius 3 is 2.48 bits per heavy atom. The molecule has 3 heteroatoms. The molecule has 0 saturated carbocycles. The van der Waals surface area contributed by atoms with E-state index in [1.807, 2.05) is 48.5 Å². The number of epoxide rings is 1. The monoisotopic (exact) mass is 310 g/mol. The second-order valence-electron chi connectivity index (χ2n) is 6.92. The molecule has 23 heavy (non-hydrogen) atoms. The average Bonchev–Trinajstić information content (AvgIpc) is 3.36. The van der Waals surface area contributed by atoms with Crippen LogP contribution in [0.5, 0.6) is 5.75 Å². The molecule has 0 amide bonds. The van der Waals surface area contributed by atoms with Crippen molar-refractivity contribution in [3.63, 3.8) is 0 Å². The summed E-state index contributed by atoms with van der Waals surface area (Å²) in [5.41, 5.74) is 2.38. The number of benzene rings is 2. The van der Waals surface area contributed by atoms with E-state index >= 15 is 0 Å². The molecule has 1 aliphatic rings. The summed E-state index contributed by atoms with van der Waals surface area (Å²) in [6, 6.07) is 15.2. The lowest BCUT2D eigenvalue weighted by Crippen LogP contribution is -2.14. The third-order valence-corrected chi connectivity index (χ3v) is 3.95. The van der Waals surface area contributed by atoms with E-state index in [4.69, 9.17) is 9.47 Å². The minimum Gasteiger partial charge on any atom is -0.490 e. The highest BCUT2D eigenvalue weighted by Crippen LogP contribution is 2.30. The second kappa shape index (κ2) is 6.17. The summed E-state index contributed by atoms with van der Waals surface area (Å²) in [5.74, 6) is 0.616. The van der Waals surface area contributed by atoms with E-state index in [0.29, 0.717) is 23.5 Å². The topological polar surface area (TPSA) is 38.8 Å². The molecule has 2 aromatic rings. The van der Waals surface area contributed by atoms with Crippen LogP contribution in [0.4, 0.5) is 0 Å². The lowest BCUT2D eigenvalue weighted by Gasteiger charge is -2.21. The molecule has 0 aromatic heterocycles. The summed E-state index contributed by atoms with van der Waals surface area (Å²) in [6.45, 7) is 7.64. The highest BCUT2D eigenvalue weighted by atomic mass is 16.6. The van der Waals surface area contributed by atoms with E-state index in [0.717, 1.165) is 12.2 Å². The van der Waals surface area contributed by atoms with Gasteiger partial charge >= 0.3 is 0 Å². The quantitative estimate of drug-likeness (QED) is 0.619. The molecule has 1 aliphatic heterocycles. The second-order valence-corrected chi connectivity index (χ2v) is 6.92. The van der Waals surface area contributed by atoms with E-state index in [9.17, 15) is 4.79 Å². The molecule has 120 valence electrons. The summed E-state index contributed by atoms with van der Waals surface area (Å²) < 4.78 is 11.0. The number of carbonyl (C=O) groups excluding carboxylic acids is 1. The normalized spacial score (nSPS) is 16.9. The molecular formula is C20H22O3. The number of carbonyl (C=O) groups is 1. The Kier molecular flexibility index (Phi) is 4.22. The SMILES string of the molecule is CC(C)(C)c1ccc(OCC2CO2)c(C(=O)c2ccccc2)c1. The Morgan fingerprint density at radius 2 is 1.87 bits per heavy atom. The maximum atomic E-state index is 12.9. The lowest BCUT2D eigenvalue weighted by atomic mass is 9.85. The maximum Gasteiger partial charge on any atom is 0.196 e. The highest BCUT2D eigenvalue weighted by Gasteiger charge is 2.25. The molecular weight excluding hydrogens is 288 g/mol. The molecule has 0 radical (unpaired) electrons. The van der Waals surface area contributed by atoms with Crippen LogP contribution in [-0.2, 0) is 10.2 Å². The molecule has 0 spiro atoms. The first-order valence-corrected chi connectivity index (χ1v) is 7.94. The van der Waals surface area contributed by atoms with Gasteiger partial charge in [0.2, 0.25) is 0 Å². The van der Waals surface area contributed by atoms with E-state index in [1.165, 1.54) is 0 Å². The predicted octanol–water partition coefficient (Wildman–Crippen LogP) is 3.99. The number of ether oxygens (including phenoxy) is 2. The summed E-state index contributed by atoms with van der Waals surface area (Å²) >= 11 is 0. The van der Waals surface area contributed by atoms with Gasteiger partial charge in [-0.05, 0) is 23.1 Å². The maximum absolute atomic E-state index is 12.9. The number of rotatable bonds is 5. The zero-order valence-corrected chi connectivity index (χ0v) is 13.8. The van der Waals surface area contributed by atoms with Crippen molar-refractivity contribution in [2.45, 2.75) is 32.3 Å². The van der Waals surface area contributed by atoms with Gasteiger partial charge in [0.25, 0.3) is 0 Å². The van der Waals surface area contributed by atoms with Gasteiger partial charge in [0, 0.05) is 5.56 Å². The third kappa shape index (κ3) is 3.80. The molecule has 1 unspecified atom stereocenters. The van der Waals surface area contributed by atoms with Crippen LogP contribution >= 0.6 is 0 Å². The third-order valence-electron chi connectivity index (χ3n) is 3.95. The van der Waals surface area contributed by atoms with Gasteiger partial charge < -0.3 is 9.47 Å². The van der Waals surface area contributed by atoms with Crippen LogP contribution in [0.1, 0.15) is 42.3 Å². The van der Waals surface area contributed by atoms with Gasteiger partial charge in [-0.1, -0.05) is 57.2 Å². The van der Waals surface area contributed by atoms with Crippen molar-refractivity contribution in [2.24, 2.45) is 0 Å². The molecule has 1 saturated heterocycles. The largest absolute Gasteiger partial charge is 0.490 e. The van der Waals surface area contributed by atoms with Crippen LogP contribution in [0, 0.1) is 0 Å². The van der Waals surface area contributed by atoms with Gasteiger partial charge in [0.05, 0.1) is 12.2 Å². The van der Waals surface area contributed by atoms with E-state index in [-0.39, 0.29) is 17.3 Å². The van der Waals surface area contributed by atoms with Gasteiger partial charge in [0.1, 0.15) is 18.5 Å². The van der Waals surface area contributed by atoms with Crippen molar-refractivity contribution >= 4 is 5.78 Å². The minimum absolute atomic E-state index is 0.0107. The highest BCUT2D eigenvalue weighted by molar-refractivity contribution is 6.10. The van der Waals surface area contributed by atoms with E-state index in [1.54, 1.807) is 0 Å². The first-order chi connectivity index (χ1) is 10.9. The average molecular weight is 310 g/mol. The smallest absolute Gasteiger partial charge is 0.196 e. The van der Waals surface area contributed by atoms with Gasteiger partial charge in [0.15, 0.2) is 5.78 Å². The zero-order chi connectivity index (χ0) is 16.4. The van der Waals surface area contributed by atoms with Crippen LogP contribution in [0.3, 0.4) is 0 Å². The van der Waals surface area contributed by atoms with E-state index in [2.05, 4.69) is 20.8 Å². The first-order valence-electron chi connectivity index (χ1n) is 7.94. The lowest BCUT2D eigenvalue weighted by molar-refractivity contribution is 0.103. The molecule has 3 rings (SSSR count). The van der Waals surface area contributed by atoms with Gasteiger partial charge in [-0.3, -0.25) is 4.79 Å². The minimum atomic E-state index is -0.0240. The van der Waals surface area contributed by atoms with Gasteiger partial charge in [-0.2, -0.15) is 0 Å². The van der Waals surface area contributed by atoms with Crippen molar-refractivity contribution in [1.82, 2.24) is 0 Å². The summed E-state index contributed by atoms with van der Waals surface area (Å²) in [5, 5.41) is 0. The van der Waals surface area contributed by atoms with Crippen molar-refractivity contribution in [3.05, 3.63) is 65.2 Å². The van der Waals surface area contributed by atoms with Gasteiger partial charge in [-0.15, -0.1) is 0 Å². The van der Waals surface area contributed by atoms with E-state index < -0.39 is 0 Å². The Labute approximate surface area is 137 Å². The Morgan fingerprint density at radius 1 is 1.17 bits per heavy atom.